The molecule has 2 heterocycles. The zero-order valence-electron chi connectivity index (χ0n) is 16.0. The molecule has 0 N–H and O–H groups in total. The van der Waals surface area contributed by atoms with E-state index in [1.165, 1.54) is 0 Å². The number of fused-ring (bicyclic) bond motifs is 4. The Bertz CT molecular complexity index is 1250. The molecule has 5 rings (SSSR count). The fourth-order valence-electron chi connectivity index (χ4n) is 3.80. The standard InChI is InChI=1S/C24H19NO4/c1-2-27-23(26)13-17-11-20(16-8-10-21-22(12-16)29-14-28-21)25-19-9-7-15-5-3-4-6-18(15)24(17)19/h3-12H,2,13-14H2,1H3. The number of nitrogens with zero attached hydrogens (tertiary/aromatic N) is 1. The molecule has 0 bridgehead atoms. The van der Waals surface area contributed by atoms with Gasteiger partial charge in [0.1, 0.15) is 0 Å². The van der Waals surface area contributed by atoms with Gasteiger partial charge in [-0.1, -0.05) is 30.3 Å². The fraction of sp³-hybridized carbons (Fsp3) is 0.167. The molecule has 0 saturated heterocycles. The number of benzene rings is 3. The van der Waals surface area contributed by atoms with Crippen LogP contribution < -0.4 is 9.47 Å². The van der Waals surface area contributed by atoms with Gasteiger partial charge in [0.2, 0.25) is 6.79 Å². The molecule has 0 fully saturated rings. The summed E-state index contributed by atoms with van der Waals surface area (Å²) in [6.07, 6.45) is 0.193. The first-order valence-electron chi connectivity index (χ1n) is 9.60. The van der Waals surface area contributed by atoms with Gasteiger partial charge in [-0.2, -0.15) is 0 Å². The molecule has 0 radical (unpaired) electrons. The number of pyridine rings is 1. The van der Waals surface area contributed by atoms with Crippen molar-refractivity contribution < 1.29 is 19.0 Å². The highest BCUT2D eigenvalue weighted by Crippen LogP contribution is 2.37. The maximum atomic E-state index is 12.3. The first-order valence-corrected chi connectivity index (χ1v) is 9.60. The molecule has 0 saturated carbocycles. The second-order valence-electron chi connectivity index (χ2n) is 6.90. The molecule has 0 amide bonds. The van der Waals surface area contributed by atoms with E-state index in [2.05, 4.69) is 18.2 Å². The second kappa shape index (κ2) is 7.09. The third-order valence-electron chi connectivity index (χ3n) is 5.09. The lowest BCUT2D eigenvalue weighted by molar-refractivity contribution is -0.142. The van der Waals surface area contributed by atoms with E-state index >= 15 is 0 Å². The number of aromatic nitrogens is 1. The van der Waals surface area contributed by atoms with Gasteiger partial charge in [-0.15, -0.1) is 0 Å². The van der Waals surface area contributed by atoms with Crippen LogP contribution in [0.2, 0.25) is 0 Å². The molecule has 29 heavy (non-hydrogen) atoms. The van der Waals surface area contributed by atoms with Crippen molar-refractivity contribution in [1.82, 2.24) is 4.98 Å². The molecule has 1 aromatic heterocycles. The number of carbonyl (C=O) groups excluding carboxylic acids is 1. The summed E-state index contributed by atoms with van der Waals surface area (Å²) in [5.41, 5.74) is 3.44. The molecular formula is C24H19NO4. The van der Waals surface area contributed by atoms with Gasteiger partial charge in [-0.3, -0.25) is 4.79 Å². The smallest absolute Gasteiger partial charge is 0.310 e. The zero-order valence-corrected chi connectivity index (χ0v) is 16.0. The molecule has 144 valence electrons. The lowest BCUT2D eigenvalue weighted by Crippen LogP contribution is -2.08. The van der Waals surface area contributed by atoms with Gasteiger partial charge in [0.25, 0.3) is 0 Å². The SMILES string of the molecule is CCOC(=O)Cc1cc(-c2ccc3c(c2)OCO3)nc2ccc3ccccc3c12. The minimum atomic E-state index is -0.246. The van der Waals surface area contributed by atoms with Gasteiger partial charge in [0.05, 0.1) is 24.2 Å². The Balaban J connectivity index is 1.72. The van der Waals surface area contributed by atoms with Crippen LogP contribution in [0.4, 0.5) is 0 Å². The summed E-state index contributed by atoms with van der Waals surface area (Å²) in [5, 5.41) is 3.18. The molecule has 5 nitrogen and oxygen atoms in total. The van der Waals surface area contributed by atoms with Crippen molar-refractivity contribution in [2.45, 2.75) is 13.3 Å². The number of carbonyl (C=O) groups is 1. The van der Waals surface area contributed by atoms with Crippen molar-refractivity contribution in [3.05, 3.63) is 66.2 Å². The van der Waals surface area contributed by atoms with Gasteiger partial charge in [-0.05, 0) is 53.6 Å². The molecule has 1 aliphatic heterocycles. The van der Waals surface area contributed by atoms with Crippen LogP contribution in [0.5, 0.6) is 11.5 Å². The summed E-state index contributed by atoms with van der Waals surface area (Å²) in [4.78, 5) is 17.2. The summed E-state index contributed by atoms with van der Waals surface area (Å²) in [5.74, 6) is 1.19. The van der Waals surface area contributed by atoms with Crippen LogP contribution in [0.25, 0.3) is 32.9 Å². The third kappa shape index (κ3) is 3.14. The van der Waals surface area contributed by atoms with E-state index in [9.17, 15) is 4.79 Å². The monoisotopic (exact) mass is 385 g/mol. The van der Waals surface area contributed by atoms with E-state index in [4.69, 9.17) is 19.2 Å². The Morgan fingerprint density at radius 2 is 1.90 bits per heavy atom. The molecule has 5 heteroatoms. The van der Waals surface area contributed by atoms with Crippen LogP contribution in [0, 0.1) is 0 Å². The number of ether oxygens (including phenoxy) is 3. The highest BCUT2D eigenvalue weighted by molar-refractivity contribution is 6.09. The average Bonchev–Trinajstić information content (AvgIpc) is 3.21. The number of esters is 1. The van der Waals surface area contributed by atoms with Crippen molar-refractivity contribution in [3.63, 3.8) is 0 Å². The van der Waals surface area contributed by atoms with Crippen LogP contribution in [0.3, 0.4) is 0 Å². The van der Waals surface area contributed by atoms with E-state index in [1.807, 2.05) is 49.4 Å². The van der Waals surface area contributed by atoms with Crippen LogP contribution >= 0.6 is 0 Å². The molecule has 1 aliphatic rings. The van der Waals surface area contributed by atoms with Gasteiger partial charge >= 0.3 is 5.97 Å². The predicted molar refractivity (Wildman–Crippen MR) is 111 cm³/mol. The molecule has 0 aliphatic carbocycles. The van der Waals surface area contributed by atoms with Crippen molar-refractivity contribution in [1.29, 1.82) is 0 Å². The van der Waals surface area contributed by atoms with Crippen LogP contribution in [0.1, 0.15) is 12.5 Å². The summed E-state index contributed by atoms with van der Waals surface area (Å²) >= 11 is 0. The average molecular weight is 385 g/mol. The summed E-state index contributed by atoms with van der Waals surface area (Å²) in [6, 6.07) is 19.9. The molecule has 0 unspecified atom stereocenters. The van der Waals surface area contributed by atoms with Crippen LogP contribution in [-0.4, -0.2) is 24.4 Å². The van der Waals surface area contributed by atoms with Crippen LogP contribution in [-0.2, 0) is 16.0 Å². The number of hydrogen-bond acceptors (Lipinski definition) is 5. The normalized spacial score (nSPS) is 12.4. The maximum Gasteiger partial charge on any atom is 0.310 e. The van der Waals surface area contributed by atoms with Crippen molar-refractivity contribution in [2.75, 3.05) is 13.4 Å². The van der Waals surface area contributed by atoms with Crippen molar-refractivity contribution >= 4 is 27.6 Å². The first kappa shape index (κ1) is 17.5. The highest BCUT2D eigenvalue weighted by Gasteiger charge is 2.17. The zero-order chi connectivity index (χ0) is 19.8. The van der Waals surface area contributed by atoms with E-state index in [0.29, 0.717) is 12.4 Å². The number of hydrogen-bond donors (Lipinski definition) is 0. The summed E-state index contributed by atoms with van der Waals surface area (Å²) in [6.45, 7) is 2.40. The fourth-order valence-corrected chi connectivity index (χ4v) is 3.80. The lowest BCUT2D eigenvalue weighted by atomic mass is 9.97. The molecule has 4 aromatic rings. The highest BCUT2D eigenvalue weighted by atomic mass is 16.7. The molecule has 3 aromatic carbocycles. The molecular weight excluding hydrogens is 366 g/mol. The van der Waals surface area contributed by atoms with Gasteiger partial charge in [0, 0.05) is 10.9 Å². The minimum Gasteiger partial charge on any atom is -0.466 e. The van der Waals surface area contributed by atoms with Gasteiger partial charge < -0.3 is 14.2 Å². The lowest BCUT2D eigenvalue weighted by Gasteiger charge is -2.12. The molecule has 0 spiro atoms. The van der Waals surface area contributed by atoms with Crippen molar-refractivity contribution in [3.8, 4) is 22.8 Å². The van der Waals surface area contributed by atoms with Crippen LogP contribution in [0.15, 0.2) is 60.7 Å². The first-order chi connectivity index (χ1) is 14.2. The quantitative estimate of drug-likeness (QED) is 0.370. The minimum absolute atomic E-state index is 0.193. The largest absolute Gasteiger partial charge is 0.466 e. The third-order valence-corrected chi connectivity index (χ3v) is 5.09. The Labute approximate surface area is 167 Å². The summed E-state index contributed by atoms with van der Waals surface area (Å²) in [7, 11) is 0. The van der Waals surface area contributed by atoms with E-state index < -0.39 is 0 Å². The maximum absolute atomic E-state index is 12.3. The Morgan fingerprint density at radius 1 is 1.03 bits per heavy atom. The van der Waals surface area contributed by atoms with Gasteiger partial charge in [0.15, 0.2) is 11.5 Å². The van der Waals surface area contributed by atoms with Gasteiger partial charge in [-0.25, -0.2) is 4.98 Å². The predicted octanol–water partition coefficient (Wildman–Crippen LogP) is 4.89. The van der Waals surface area contributed by atoms with E-state index in [0.717, 1.165) is 44.2 Å². The van der Waals surface area contributed by atoms with E-state index in [1.54, 1.807) is 0 Å². The second-order valence-corrected chi connectivity index (χ2v) is 6.90. The summed E-state index contributed by atoms with van der Waals surface area (Å²) < 4.78 is 16.1. The van der Waals surface area contributed by atoms with Crippen molar-refractivity contribution in [2.24, 2.45) is 0 Å². The Morgan fingerprint density at radius 3 is 2.79 bits per heavy atom. The Kier molecular flexibility index (Phi) is 4.28. The topological polar surface area (TPSA) is 57.7 Å². The molecule has 0 atom stereocenters. The number of rotatable bonds is 4. The Hall–Kier alpha value is -3.60. The van der Waals surface area contributed by atoms with E-state index in [-0.39, 0.29) is 19.2 Å².